The number of nitrogens with zero attached hydrogens (tertiary/aromatic N) is 2. The zero-order chi connectivity index (χ0) is 14.9. The van der Waals surface area contributed by atoms with Gasteiger partial charge in [-0.1, -0.05) is 0 Å². The highest BCUT2D eigenvalue weighted by Crippen LogP contribution is 2.32. The smallest absolute Gasteiger partial charge is 0.263 e. The van der Waals surface area contributed by atoms with Crippen LogP contribution in [0.15, 0.2) is 18.3 Å². The van der Waals surface area contributed by atoms with Gasteiger partial charge in [-0.05, 0) is 56.2 Å². The van der Waals surface area contributed by atoms with Gasteiger partial charge in [-0.25, -0.2) is 0 Å². The van der Waals surface area contributed by atoms with E-state index in [9.17, 15) is 4.79 Å². The van der Waals surface area contributed by atoms with Gasteiger partial charge in [-0.15, -0.1) is 11.3 Å². The summed E-state index contributed by atoms with van der Waals surface area (Å²) in [5.74, 6) is 0.624. The van der Waals surface area contributed by atoms with Gasteiger partial charge in [0.2, 0.25) is 0 Å². The monoisotopic (exact) mass is 315 g/mol. The van der Waals surface area contributed by atoms with Crippen molar-refractivity contribution in [1.82, 2.24) is 15.1 Å². The summed E-state index contributed by atoms with van der Waals surface area (Å²) in [6.07, 6.45) is 8.84. The minimum absolute atomic E-state index is 0.226. The van der Waals surface area contributed by atoms with E-state index in [0.717, 1.165) is 49.3 Å². The SMILES string of the molecule is O=C(c1cc2c(s1)CCCC2)N1CCCC(c2ccn[nH]2)C1. The molecular weight excluding hydrogens is 294 g/mol. The van der Waals surface area contributed by atoms with Crippen LogP contribution in [0.3, 0.4) is 0 Å². The predicted molar refractivity (Wildman–Crippen MR) is 87.4 cm³/mol. The highest BCUT2D eigenvalue weighted by Gasteiger charge is 2.28. The van der Waals surface area contributed by atoms with Crippen molar-refractivity contribution in [1.29, 1.82) is 0 Å². The summed E-state index contributed by atoms with van der Waals surface area (Å²) >= 11 is 1.72. The molecule has 116 valence electrons. The quantitative estimate of drug-likeness (QED) is 0.923. The molecule has 1 amide bonds. The van der Waals surface area contributed by atoms with Crippen LogP contribution in [0.4, 0.5) is 0 Å². The van der Waals surface area contributed by atoms with Crippen molar-refractivity contribution in [3.05, 3.63) is 39.3 Å². The van der Waals surface area contributed by atoms with Gasteiger partial charge < -0.3 is 4.90 Å². The molecule has 0 aromatic carbocycles. The number of thiophene rings is 1. The first-order valence-electron chi connectivity index (χ1n) is 8.21. The lowest BCUT2D eigenvalue weighted by molar-refractivity contribution is 0.0710. The Bertz CT molecular complexity index is 638. The number of hydrogen-bond donors (Lipinski definition) is 1. The molecule has 3 heterocycles. The number of carbonyl (C=O) groups excluding carboxylic acids is 1. The lowest BCUT2D eigenvalue weighted by Crippen LogP contribution is -2.38. The average Bonchev–Trinajstić information content (AvgIpc) is 3.23. The van der Waals surface area contributed by atoms with Crippen molar-refractivity contribution in [2.75, 3.05) is 13.1 Å². The predicted octanol–water partition coefficient (Wildman–Crippen LogP) is 3.37. The fourth-order valence-corrected chi connectivity index (χ4v) is 4.88. The number of aromatic nitrogens is 2. The van der Waals surface area contributed by atoms with Crippen LogP contribution in [0.1, 0.15) is 57.4 Å². The van der Waals surface area contributed by atoms with E-state index in [1.807, 2.05) is 11.0 Å². The third-order valence-corrected chi connectivity index (χ3v) is 6.10. The van der Waals surface area contributed by atoms with E-state index in [1.54, 1.807) is 17.5 Å². The molecule has 0 radical (unpaired) electrons. The normalized spacial score (nSPS) is 21.6. The molecule has 1 unspecified atom stereocenters. The van der Waals surface area contributed by atoms with Gasteiger partial charge in [0, 0.05) is 35.8 Å². The van der Waals surface area contributed by atoms with Gasteiger partial charge in [-0.3, -0.25) is 9.89 Å². The van der Waals surface area contributed by atoms with Crippen molar-refractivity contribution in [3.8, 4) is 0 Å². The molecular formula is C17H21N3OS. The van der Waals surface area contributed by atoms with Crippen LogP contribution in [0.2, 0.25) is 0 Å². The summed E-state index contributed by atoms with van der Waals surface area (Å²) in [6, 6.07) is 4.18. The summed E-state index contributed by atoms with van der Waals surface area (Å²) in [7, 11) is 0. The number of nitrogens with one attached hydrogen (secondary N) is 1. The maximum absolute atomic E-state index is 12.8. The molecule has 2 aromatic heterocycles. The second kappa shape index (κ2) is 5.88. The van der Waals surface area contributed by atoms with Gasteiger partial charge in [0.25, 0.3) is 5.91 Å². The number of aromatic amines is 1. The summed E-state index contributed by atoms with van der Waals surface area (Å²) in [6.45, 7) is 1.69. The first-order chi connectivity index (χ1) is 10.8. The number of carbonyl (C=O) groups is 1. The molecule has 1 fully saturated rings. The Labute approximate surface area is 134 Å². The number of amides is 1. The van der Waals surface area contributed by atoms with E-state index in [1.165, 1.54) is 23.3 Å². The van der Waals surface area contributed by atoms with E-state index in [-0.39, 0.29) is 5.91 Å². The molecule has 22 heavy (non-hydrogen) atoms. The van der Waals surface area contributed by atoms with E-state index in [4.69, 9.17) is 0 Å². The number of aryl methyl sites for hydroxylation is 2. The molecule has 0 bridgehead atoms. The Morgan fingerprint density at radius 2 is 2.23 bits per heavy atom. The van der Waals surface area contributed by atoms with Gasteiger partial charge in [0.15, 0.2) is 0 Å². The third-order valence-electron chi connectivity index (χ3n) is 4.88. The largest absolute Gasteiger partial charge is 0.337 e. The van der Waals surface area contributed by atoms with E-state index >= 15 is 0 Å². The molecule has 1 aliphatic heterocycles. The van der Waals surface area contributed by atoms with Crippen molar-refractivity contribution >= 4 is 17.2 Å². The minimum Gasteiger partial charge on any atom is -0.337 e. The van der Waals surface area contributed by atoms with Crippen molar-refractivity contribution in [2.45, 2.75) is 44.4 Å². The van der Waals surface area contributed by atoms with E-state index in [0.29, 0.717) is 5.92 Å². The van der Waals surface area contributed by atoms with Crippen LogP contribution in [0.5, 0.6) is 0 Å². The van der Waals surface area contributed by atoms with Crippen molar-refractivity contribution < 1.29 is 4.79 Å². The number of likely N-dealkylation sites (tertiary alicyclic amines) is 1. The molecule has 2 aliphatic rings. The zero-order valence-electron chi connectivity index (χ0n) is 12.7. The molecule has 1 saturated heterocycles. The molecule has 4 nitrogen and oxygen atoms in total. The Morgan fingerprint density at radius 1 is 1.32 bits per heavy atom. The molecule has 1 N–H and O–H groups in total. The summed E-state index contributed by atoms with van der Waals surface area (Å²) < 4.78 is 0. The Morgan fingerprint density at radius 3 is 3.05 bits per heavy atom. The number of piperidine rings is 1. The topological polar surface area (TPSA) is 49.0 Å². The summed E-state index contributed by atoms with van der Waals surface area (Å²) in [5, 5.41) is 7.10. The van der Waals surface area contributed by atoms with Crippen LogP contribution >= 0.6 is 11.3 Å². The molecule has 0 saturated carbocycles. The lowest BCUT2D eigenvalue weighted by Gasteiger charge is -2.32. The minimum atomic E-state index is 0.226. The first-order valence-corrected chi connectivity index (χ1v) is 9.03. The van der Waals surface area contributed by atoms with Crippen LogP contribution in [-0.4, -0.2) is 34.1 Å². The van der Waals surface area contributed by atoms with Crippen LogP contribution in [0.25, 0.3) is 0 Å². The third kappa shape index (κ3) is 2.58. The van der Waals surface area contributed by atoms with Crippen LogP contribution in [0, 0.1) is 0 Å². The standard InChI is InChI=1S/C17H21N3OS/c21-17(16-10-12-4-1-2-6-15(12)22-16)20-9-3-5-13(11-20)14-7-8-18-19-14/h7-8,10,13H,1-6,9,11H2,(H,18,19). The zero-order valence-corrected chi connectivity index (χ0v) is 13.5. The van der Waals surface area contributed by atoms with Crippen molar-refractivity contribution in [3.63, 3.8) is 0 Å². The molecule has 2 aromatic rings. The summed E-state index contributed by atoms with van der Waals surface area (Å²) in [4.78, 5) is 17.3. The highest BCUT2D eigenvalue weighted by atomic mass is 32.1. The number of hydrogen-bond acceptors (Lipinski definition) is 3. The van der Waals surface area contributed by atoms with Gasteiger partial charge in [0.1, 0.15) is 0 Å². The van der Waals surface area contributed by atoms with Crippen LogP contribution < -0.4 is 0 Å². The Kier molecular flexibility index (Phi) is 3.74. The molecule has 5 heteroatoms. The Balaban J connectivity index is 1.51. The van der Waals surface area contributed by atoms with Crippen molar-refractivity contribution in [2.24, 2.45) is 0 Å². The Hall–Kier alpha value is -1.62. The number of rotatable bonds is 2. The lowest BCUT2D eigenvalue weighted by atomic mass is 9.94. The molecule has 0 spiro atoms. The number of H-pyrrole nitrogens is 1. The molecule has 4 rings (SSSR count). The maximum atomic E-state index is 12.8. The fraction of sp³-hybridized carbons (Fsp3) is 0.529. The average molecular weight is 315 g/mol. The second-order valence-electron chi connectivity index (χ2n) is 6.37. The van der Waals surface area contributed by atoms with E-state index < -0.39 is 0 Å². The molecule has 1 aliphatic carbocycles. The highest BCUT2D eigenvalue weighted by molar-refractivity contribution is 7.14. The maximum Gasteiger partial charge on any atom is 0.263 e. The molecule has 1 atom stereocenters. The summed E-state index contributed by atoms with van der Waals surface area (Å²) in [5.41, 5.74) is 2.57. The van der Waals surface area contributed by atoms with Gasteiger partial charge >= 0.3 is 0 Å². The fourth-order valence-electron chi connectivity index (χ4n) is 3.66. The van der Waals surface area contributed by atoms with E-state index in [2.05, 4.69) is 16.3 Å². The second-order valence-corrected chi connectivity index (χ2v) is 7.51. The van der Waals surface area contributed by atoms with Gasteiger partial charge in [-0.2, -0.15) is 5.10 Å². The van der Waals surface area contributed by atoms with Crippen LogP contribution in [-0.2, 0) is 12.8 Å². The van der Waals surface area contributed by atoms with Gasteiger partial charge in [0.05, 0.1) is 4.88 Å². The number of fused-ring (bicyclic) bond motifs is 1. The first kappa shape index (κ1) is 14.0.